The summed E-state index contributed by atoms with van der Waals surface area (Å²) in [5.74, 6) is -5.73. The van der Waals surface area contributed by atoms with E-state index in [1.54, 1.807) is 0 Å². The molecule has 0 aliphatic carbocycles. The Morgan fingerprint density at radius 2 is 0.842 bits per heavy atom. The van der Waals surface area contributed by atoms with Gasteiger partial charge in [0.2, 0.25) is 0 Å². The second-order valence-electron chi connectivity index (χ2n) is 7.16. The summed E-state index contributed by atoms with van der Waals surface area (Å²) in [5, 5.41) is 52.8. The lowest BCUT2D eigenvalue weighted by Crippen LogP contribution is -2.04. The number of aromatic carboxylic acids is 2. The normalized spacial score (nSPS) is 12.3. The van der Waals surface area contributed by atoms with E-state index in [0.717, 1.165) is 12.1 Å². The van der Waals surface area contributed by atoms with E-state index in [0.29, 0.717) is 12.1 Å². The van der Waals surface area contributed by atoms with Crippen molar-refractivity contribution in [1.82, 2.24) is 0 Å². The average molecular weight is 566 g/mol. The Hall–Kier alpha value is -4.78. The van der Waals surface area contributed by atoms with Gasteiger partial charge in [-0.3, -0.25) is 9.11 Å². The molecule has 0 spiro atoms. The molecule has 0 aromatic heterocycles. The van der Waals surface area contributed by atoms with Crippen molar-refractivity contribution in [2.24, 2.45) is 20.5 Å². The minimum atomic E-state index is -4.98. The minimum absolute atomic E-state index is 0.147. The van der Waals surface area contributed by atoms with E-state index < -0.39 is 64.6 Å². The van der Waals surface area contributed by atoms with E-state index >= 15 is 0 Å². The van der Waals surface area contributed by atoms with E-state index in [2.05, 4.69) is 20.5 Å². The lowest BCUT2D eigenvalue weighted by Gasteiger charge is -2.06. The van der Waals surface area contributed by atoms with E-state index in [9.17, 15) is 45.7 Å². The quantitative estimate of drug-likeness (QED) is 0.168. The zero-order valence-electron chi connectivity index (χ0n) is 18.4. The molecule has 16 nitrogen and oxygen atoms in total. The number of nitrogens with zero attached hydrogens (tertiary/aromatic N) is 4. The SMILES string of the molecule is O=C(O)c1cc(N=Nc2ccc(N=Nc3cc(C(=O)O)c(O)c(S(=O)(=O)O)c3)cc2)cc(S(=O)(=O)O)c1O. The number of phenols is 2. The van der Waals surface area contributed by atoms with Crippen molar-refractivity contribution in [3.8, 4) is 11.5 Å². The van der Waals surface area contributed by atoms with Gasteiger partial charge in [0, 0.05) is 0 Å². The Balaban J connectivity index is 1.89. The summed E-state index contributed by atoms with van der Waals surface area (Å²) in [6.45, 7) is 0. The second kappa shape index (κ2) is 10.3. The summed E-state index contributed by atoms with van der Waals surface area (Å²) in [7, 11) is -9.96. The molecule has 0 aliphatic rings. The fraction of sp³-hybridized carbons (Fsp3) is 0. The van der Waals surface area contributed by atoms with Gasteiger partial charge in [-0.1, -0.05) is 0 Å². The van der Waals surface area contributed by atoms with Gasteiger partial charge in [-0.2, -0.15) is 37.3 Å². The van der Waals surface area contributed by atoms with Gasteiger partial charge in [-0.15, -0.1) is 0 Å². The molecule has 0 radical (unpaired) electrons. The number of azo groups is 2. The Labute approximate surface area is 212 Å². The van der Waals surface area contributed by atoms with Gasteiger partial charge in [-0.25, -0.2) is 9.59 Å². The molecular formula is C20H14N4O12S2. The molecule has 6 N–H and O–H groups in total. The monoisotopic (exact) mass is 566 g/mol. The predicted molar refractivity (Wildman–Crippen MR) is 125 cm³/mol. The summed E-state index contributed by atoms with van der Waals surface area (Å²) in [5.41, 5.74) is -2.05. The van der Waals surface area contributed by atoms with Crippen LogP contribution in [0.3, 0.4) is 0 Å². The number of carboxylic acids is 2. The highest BCUT2D eigenvalue weighted by molar-refractivity contribution is 7.86. The fourth-order valence-electron chi connectivity index (χ4n) is 2.84. The van der Waals surface area contributed by atoms with Gasteiger partial charge in [0.25, 0.3) is 20.2 Å². The maximum Gasteiger partial charge on any atom is 0.339 e. The maximum atomic E-state index is 11.4. The van der Waals surface area contributed by atoms with Crippen LogP contribution in [0, 0.1) is 0 Å². The van der Waals surface area contributed by atoms with Crippen LogP contribution in [-0.4, -0.2) is 58.3 Å². The van der Waals surface area contributed by atoms with Crippen LogP contribution < -0.4 is 0 Å². The maximum absolute atomic E-state index is 11.4. The van der Waals surface area contributed by atoms with E-state index in [4.69, 9.17) is 10.2 Å². The summed E-state index contributed by atoms with van der Waals surface area (Å²) in [4.78, 5) is 20.3. The van der Waals surface area contributed by atoms with Crippen molar-refractivity contribution in [2.45, 2.75) is 9.79 Å². The zero-order chi connectivity index (χ0) is 28.4. The minimum Gasteiger partial charge on any atom is -0.506 e. The molecule has 0 heterocycles. The van der Waals surface area contributed by atoms with Gasteiger partial charge in [0.05, 0.1) is 22.7 Å². The van der Waals surface area contributed by atoms with Crippen molar-refractivity contribution < 1.29 is 56.0 Å². The van der Waals surface area contributed by atoms with E-state index in [1.807, 2.05) is 0 Å². The Morgan fingerprint density at radius 1 is 0.553 bits per heavy atom. The number of benzene rings is 3. The molecule has 18 heteroatoms. The van der Waals surface area contributed by atoms with Crippen LogP contribution in [0.2, 0.25) is 0 Å². The predicted octanol–water partition coefficient (Wildman–Crippen LogP) is 3.82. The Bertz CT molecular complexity index is 1600. The highest BCUT2D eigenvalue weighted by atomic mass is 32.2. The van der Waals surface area contributed by atoms with Crippen LogP contribution >= 0.6 is 0 Å². The summed E-state index contributed by atoms with van der Waals surface area (Å²) in [6.07, 6.45) is 0. The van der Waals surface area contributed by atoms with Crippen molar-refractivity contribution in [2.75, 3.05) is 0 Å². The Morgan fingerprint density at radius 3 is 1.11 bits per heavy atom. The average Bonchev–Trinajstić information content (AvgIpc) is 2.81. The molecule has 0 amide bonds. The van der Waals surface area contributed by atoms with E-state index in [-0.39, 0.29) is 22.7 Å². The third-order valence-corrected chi connectivity index (χ3v) is 6.28. The molecule has 0 atom stereocenters. The molecule has 0 fully saturated rings. The Kier molecular flexibility index (Phi) is 7.54. The molecule has 0 unspecified atom stereocenters. The summed E-state index contributed by atoms with van der Waals surface area (Å²) >= 11 is 0. The first-order valence-electron chi connectivity index (χ1n) is 9.67. The van der Waals surface area contributed by atoms with Gasteiger partial charge in [-0.05, 0) is 48.5 Å². The fourth-order valence-corrected chi connectivity index (χ4v) is 4.09. The summed E-state index contributed by atoms with van der Waals surface area (Å²) < 4.78 is 64.1. The van der Waals surface area contributed by atoms with E-state index in [1.165, 1.54) is 24.3 Å². The first kappa shape index (κ1) is 27.8. The van der Waals surface area contributed by atoms with Gasteiger partial charge in [0.15, 0.2) is 11.5 Å². The molecule has 3 aromatic carbocycles. The van der Waals surface area contributed by atoms with Gasteiger partial charge in [0.1, 0.15) is 20.9 Å². The third kappa shape index (κ3) is 6.31. The molecule has 3 aromatic rings. The first-order valence-corrected chi connectivity index (χ1v) is 12.5. The number of aromatic hydroxyl groups is 2. The third-order valence-electron chi connectivity index (χ3n) is 4.55. The number of hydrogen-bond acceptors (Lipinski definition) is 12. The number of carbonyl (C=O) groups is 2. The van der Waals surface area contributed by atoms with Crippen LogP contribution in [0.1, 0.15) is 20.7 Å². The molecule has 198 valence electrons. The largest absolute Gasteiger partial charge is 0.506 e. The smallest absolute Gasteiger partial charge is 0.339 e. The van der Waals surface area contributed by atoms with Crippen molar-refractivity contribution in [3.05, 3.63) is 59.7 Å². The molecule has 3 rings (SSSR count). The van der Waals surface area contributed by atoms with Crippen molar-refractivity contribution in [1.29, 1.82) is 0 Å². The van der Waals surface area contributed by atoms with Crippen molar-refractivity contribution in [3.63, 3.8) is 0 Å². The van der Waals surface area contributed by atoms with Crippen LogP contribution in [0.4, 0.5) is 22.7 Å². The lowest BCUT2D eigenvalue weighted by atomic mass is 10.2. The second-order valence-corrected chi connectivity index (χ2v) is 9.94. The van der Waals surface area contributed by atoms with Crippen LogP contribution in [-0.2, 0) is 20.2 Å². The van der Waals surface area contributed by atoms with Gasteiger partial charge >= 0.3 is 11.9 Å². The van der Waals surface area contributed by atoms with Crippen LogP contribution in [0.15, 0.2) is 78.8 Å². The lowest BCUT2D eigenvalue weighted by molar-refractivity contribution is 0.0681. The first-order chi connectivity index (χ1) is 17.6. The van der Waals surface area contributed by atoms with Crippen LogP contribution in [0.25, 0.3) is 0 Å². The topological polar surface area (TPSA) is 273 Å². The molecule has 38 heavy (non-hydrogen) atoms. The summed E-state index contributed by atoms with van der Waals surface area (Å²) in [6, 6.07) is 8.39. The molecule has 0 bridgehead atoms. The number of hydrogen-bond donors (Lipinski definition) is 6. The standard InChI is InChI=1S/C20H14N4O12S2/c25-17-13(19(27)28)5-11(7-15(17)37(31,32)33)23-21-9-1-2-10(4-3-9)22-24-12-6-14(20(29)30)18(26)16(8-12)38(34,35)36/h1-8,25-26H,(H,27,28)(H,29,30)(H,31,32,33)(H,34,35,36). The molecule has 0 saturated heterocycles. The van der Waals surface area contributed by atoms with Crippen molar-refractivity contribution >= 4 is 54.9 Å². The molecule has 0 saturated carbocycles. The highest BCUT2D eigenvalue weighted by Crippen LogP contribution is 2.34. The van der Waals surface area contributed by atoms with Crippen LogP contribution in [0.5, 0.6) is 11.5 Å². The van der Waals surface area contributed by atoms with Gasteiger partial charge < -0.3 is 20.4 Å². The highest BCUT2D eigenvalue weighted by Gasteiger charge is 2.24. The molecule has 0 aliphatic heterocycles. The molecular weight excluding hydrogens is 552 g/mol. The zero-order valence-corrected chi connectivity index (χ0v) is 20.0. The number of rotatable bonds is 8. The number of carboxylic acid groups (broad SMARTS) is 2.